The fourth-order valence-corrected chi connectivity index (χ4v) is 1.45. The Morgan fingerprint density at radius 2 is 2.32 bits per heavy atom. The molecule has 6 heteroatoms. The Bertz CT molecular complexity index is 406. The van der Waals surface area contributed by atoms with Crippen molar-refractivity contribution in [1.82, 2.24) is 20.3 Å². The van der Waals surface area contributed by atoms with Crippen molar-refractivity contribution < 1.29 is 9.53 Å². The molecular formula is C13H20N4O2. The molecule has 0 saturated carbocycles. The molecule has 1 heterocycles. The quantitative estimate of drug-likeness (QED) is 0.373. The summed E-state index contributed by atoms with van der Waals surface area (Å²) in [6.07, 6.45) is 5.41. The summed E-state index contributed by atoms with van der Waals surface area (Å²) >= 11 is 0. The molecule has 0 unspecified atom stereocenters. The van der Waals surface area contributed by atoms with E-state index in [4.69, 9.17) is 4.74 Å². The molecular weight excluding hydrogens is 244 g/mol. The summed E-state index contributed by atoms with van der Waals surface area (Å²) in [5, 5.41) is 10.6. The largest absolute Gasteiger partial charge is 0.380 e. The van der Waals surface area contributed by atoms with Crippen LogP contribution in [0.25, 0.3) is 0 Å². The molecule has 0 saturated heterocycles. The molecule has 0 aliphatic heterocycles. The van der Waals surface area contributed by atoms with Crippen LogP contribution in [-0.4, -0.2) is 47.1 Å². The molecule has 0 aromatic carbocycles. The number of nitrogens with zero attached hydrogens (tertiary/aromatic N) is 3. The van der Waals surface area contributed by atoms with Crippen molar-refractivity contribution in [3.8, 4) is 11.8 Å². The van der Waals surface area contributed by atoms with Gasteiger partial charge in [0.25, 0.3) is 0 Å². The van der Waals surface area contributed by atoms with E-state index in [1.807, 2.05) is 6.20 Å². The van der Waals surface area contributed by atoms with E-state index < -0.39 is 0 Å². The first kappa shape index (κ1) is 15.3. The van der Waals surface area contributed by atoms with Gasteiger partial charge in [0, 0.05) is 12.8 Å². The van der Waals surface area contributed by atoms with Crippen LogP contribution in [0.5, 0.6) is 0 Å². The van der Waals surface area contributed by atoms with Crippen molar-refractivity contribution in [2.45, 2.75) is 26.3 Å². The number of hydrogen-bond acceptors (Lipinski definition) is 5. The third-order valence-electron chi connectivity index (χ3n) is 2.38. The van der Waals surface area contributed by atoms with Gasteiger partial charge in [0.2, 0.25) is 5.78 Å². The zero-order valence-corrected chi connectivity index (χ0v) is 11.3. The van der Waals surface area contributed by atoms with E-state index in [0.717, 1.165) is 32.5 Å². The summed E-state index contributed by atoms with van der Waals surface area (Å²) in [4.78, 5) is 11.1. The lowest BCUT2D eigenvalue weighted by molar-refractivity contribution is -0.113. The number of carbonyl (C=O) groups excluding carboxylic acids is 1. The first-order chi connectivity index (χ1) is 9.33. The van der Waals surface area contributed by atoms with Crippen LogP contribution in [0.1, 0.15) is 19.8 Å². The molecule has 1 aromatic rings. The highest BCUT2D eigenvalue weighted by atomic mass is 16.5. The number of nitrogens with one attached hydrogen (secondary N) is 1. The van der Waals surface area contributed by atoms with Gasteiger partial charge in [-0.05, 0) is 32.2 Å². The Labute approximate surface area is 113 Å². The Morgan fingerprint density at radius 3 is 3.05 bits per heavy atom. The standard InChI is InChI=1S/C13H20N4O2/c1-2-5-13(18)12-14-6-3-4-10-19-11-9-17-8-7-15-16-17/h7-8,14H,3-4,6,9-12H2,1H3. The zero-order valence-electron chi connectivity index (χ0n) is 11.3. The number of ether oxygens (including phenoxy) is 1. The fourth-order valence-electron chi connectivity index (χ4n) is 1.45. The van der Waals surface area contributed by atoms with Gasteiger partial charge in [-0.25, -0.2) is 0 Å². The van der Waals surface area contributed by atoms with Gasteiger partial charge in [0.1, 0.15) is 0 Å². The number of carbonyl (C=O) groups is 1. The number of aromatic nitrogens is 3. The van der Waals surface area contributed by atoms with E-state index in [1.165, 1.54) is 0 Å². The van der Waals surface area contributed by atoms with E-state index in [0.29, 0.717) is 13.2 Å². The lowest BCUT2D eigenvalue weighted by Gasteiger charge is -2.04. The molecule has 0 aliphatic carbocycles. The van der Waals surface area contributed by atoms with Crippen molar-refractivity contribution >= 4 is 5.78 Å². The maximum atomic E-state index is 11.1. The van der Waals surface area contributed by atoms with Crippen molar-refractivity contribution in [1.29, 1.82) is 0 Å². The molecule has 0 bridgehead atoms. The van der Waals surface area contributed by atoms with Crippen molar-refractivity contribution in [2.75, 3.05) is 26.3 Å². The molecule has 0 atom stereocenters. The molecule has 0 spiro atoms. The third kappa shape index (κ3) is 8.08. The summed E-state index contributed by atoms with van der Waals surface area (Å²) in [5.41, 5.74) is 0. The van der Waals surface area contributed by atoms with Crippen LogP contribution in [0.15, 0.2) is 12.4 Å². The number of hydrogen-bond donors (Lipinski definition) is 1. The molecule has 0 radical (unpaired) electrons. The minimum Gasteiger partial charge on any atom is -0.380 e. The van der Waals surface area contributed by atoms with E-state index in [-0.39, 0.29) is 5.78 Å². The van der Waals surface area contributed by atoms with Crippen LogP contribution >= 0.6 is 0 Å². The zero-order chi connectivity index (χ0) is 13.8. The van der Waals surface area contributed by atoms with Gasteiger partial charge < -0.3 is 10.1 Å². The van der Waals surface area contributed by atoms with Gasteiger partial charge in [-0.15, -0.1) is 5.10 Å². The number of rotatable bonds is 10. The van der Waals surface area contributed by atoms with Crippen molar-refractivity contribution in [2.24, 2.45) is 0 Å². The minimum atomic E-state index is -0.0633. The van der Waals surface area contributed by atoms with Crippen LogP contribution in [0, 0.1) is 11.8 Å². The number of unbranched alkanes of at least 4 members (excludes halogenated alkanes) is 1. The Hall–Kier alpha value is -1.71. The SMILES string of the molecule is CC#CC(=O)CNCCCCOCCn1ccnn1. The lowest BCUT2D eigenvalue weighted by Crippen LogP contribution is -2.23. The van der Waals surface area contributed by atoms with Crippen LogP contribution in [0.4, 0.5) is 0 Å². The van der Waals surface area contributed by atoms with Gasteiger partial charge in [0.05, 0.1) is 25.9 Å². The number of ketones is 1. The van der Waals surface area contributed by atoms with Gasteiger partial charge in [-0.2, -0.15) is 0 Å². The first-order valence-corrected chi connectivity index (χ1v) is 6.41. The van der Waals surface area contributed by atoms with E-state index in [9.17, 15) is 4.79 Å². The molecule has 1 N–H and O–H groups in total. The van der Waals surface area contributed by atoms with E-state index >= 15 is 0 Å². The van der Waals surface area contributed by atoms with Crippen LogP contribution in [0.3, 0.4) is 0 Å². The maximum Gasteiger partial charge on any atom is 0.219 e. The predicted molar refractivity (Wildman–Crippen MR) is 71.4 cm³/mol. The van der Waals surface area contributed by atoms with Crippen molar-refractivity contribution in [3.63, 3.8) is 0 Å². The van der Waals surface area contributed by atoms with E-state index in [1.54, 1.807) is 17.8 Å². The first-order valence-electron chi connectivity index (χ1n) is 6.41. The average Bonchev–Trinajstić information content (AvgIpc) is 2.90. The normalized spacial score (nSPS) is 9.95. The highest BCUT2D eigenvalue weighted by Gasteiger charge is 1.96. The summed E-state index contributed by atoms with van der Waals surface area (Å²) < 4.78 is 7.21. The molecule has 1 aromatic heterocycles. The summed E-state index contributed by atoms with van der Waals surface area (Å²) in [7, 11) is 0. The van der Waals surface area contributed by atoms with E-state index in [2.05, 4.69) is 27.5 Å². The van der Waals surface area contributed by atoms with Gasteiger partial charge in [-0.1, -0.05) is 11.1 Å². The molecule has 0 amide bonds. The van der Waals surface area contributed by atoms with Crippen LogP contribution < -0.4 is 5.32 Å². The molecule has 1 rings (SSSR count). The third-order valence-corrected chi connectivity index (χ3v) is 2.38. The highest BCUT2D eigenvalue weighted by molar-refractivity contribution is 5.96. The van der Waals surface area contributed by atoms with Crippen LogP contribution in [-0.2, 0) is 16.1 Å². The second-order valence-corrected chi connectivity index (χ2v) is 3.96. The Balaban J connectivity index is 1.83. The van der Waals surface area contributed by atoms with Gasteiger partial charge in [-0.3, -0.25) is 9.48 Å². The Morgan fingerprint density at radius 1 is 1.42 bits per heavy atom. The highest BCUT2D eigenvalue weighted by Crippen LogP contribution is 1.90. The van der Waals surface area contributed by atoms with Gasteiger partial charge in [0.15, 0.2) is 0 Å². The fraction of sp³-hybridized carbons (Fsp3) is 0.615. The Kier molecular flexibility index (Phi) is 8.27. The predicted octanol–water partition coefficient (Wildman–Crippen LogP) is 0.257. The summed E-state index contributed by atoms with van der Waals surface area (Å²) in [6.45, 7) is 4.88. The average molecular weight is 264 g/mol. The second kappa shape index (κ2) is 10.2. The van der Waals surface area contributed by atoms with Crippen LogP contribution in [0.2, 0.25) is 0 Å². The van der Waals surface area contributed by atoms with Crippen molar-refractivity contribution in [3.05, 3.63) is 12.4 Å². The topological polar surface area (TPSA) is 69.0 Å². The summed E-state index contributed by atoms with van der Waals surface area (Å²) in [6, 6.07) is 0. The molecule has 104 valence electrons. The number of Topliss-reactive ketones (excluding diaryl/α,β-unsaturated/α-hetero) is 1. The lowest BCUT2D eigenvalue weighted by atomic mass is 10.3. The van der Waals surface area contributed by atoms with Gasteiger partial charge >= 0.3 is 0 Å². The minimum absolute atomic E-state index is 0.0633. The second-order valence-electron chi connectivity index (χ2n) is 3.96. The monoisotopic (exact) mass is 264 g/mol. The molecule has 6 nitrogen and oxygen atoms in total. The molecule has 0 aliphatic rings. The smallest absolute Gasteiger partial charge is 0.219 e. The molecule has 0 fully saturated rings. The summed E-state index contributed by atoms with van der Waals surface area (Å²) in [5.74, 6) is 5.01. The maximum absolute atomic E-state index is 11.1. The molecule has 19 heavy (non-hydrogen) atoms.